The zero-order valence-corrected chi connectivity index (χ0v) is 24.7. The summed E-state index contributed by atoms with van der Waals surface area (Å²) in [6.07, 6.45) is 0.838. The van der Waals surface area contributed by atoms with Crippen LogP contribution in [0.15, 0.2) is 0 Å². The minimum Gasteiger partial charge on any atom is -0.356 e. The van der Waals surface area contributed by atoms with Crippen molar-refractivity contribution < 1.29 is 46.5 Å². The average Bonchev–Trinajstić information content (AvgIpc) is 2.80. The van der Waals surface area contributed by atoms with Crippen LogP contribution in [0, 0.1) is 0 Å². The predicted molar refractivity (Wildman–Crippen MR) is 133 cm³/mol. The molecule has 0 saturated carbocycles. The van der Waals surface area contributed by atoms with E-state index in [1.807, 2.05) is 6.92 Å². The number of ether oxygens (including phenoxy) is 6. The normalized spacial score (nSPS) is 19.9. The van der Waals surface area contributed by atoms with Crippen molar-refractivity contribution in [2.45, 2.75) is 131 Å². The van der Waals surface area contributed by atoms with Gasteiger partial charge < -0.3 is 41.7 Å². The van der Waals surface area contributed by atoms with Gasteiger partial charge in [-0.3, -0.25) is 4.79 Å². The number of hydrogen-bond donors (Lipinski definition) is 0. The third-order valence-corrected chi connectivity index (χ3v) is 8.33. The van der Waals surface area contributed by atoms with Crippen molar-refractivity contribution in [2.75, 3.05) is 21.3 Å². The van der Waals surface area contributed by atoms with Crippen molar-refractivity contribution in [3.05, 3.63) is 0 Å². The molecule has 0 saturated heterocycles. The Kier molecular flexibility index (Phi) is 17.6. The molecule has 6 unspecified atom stereocenters. The molecule has 10 nitrogen and oxygen atoms in total. The van der Waals surface area contributed by atoms with Crippen molar-refractivity contribution in [2.24, 2.45) is 0 Å². The molecular formula is C24H50O10Si. The number of hydrogen-bond acceptors (Lipinski definition) is 10. The first-order valence-corrected chi connectivity index (χ1v) is 14.3. The molecule has 0 aliphatic rings. The third kappa shape index (κ3) is 13.6. The van der Waals surface area contributed by atoms with Crippen LogP contribution in [0.3, 0.4) is 0 Å². The van der Waals surface area contributed by atoms with E-state index in [2.05, 4.69) is 6.92 Å². The Hall–Kier alpha value is -0.473. The highest BCUT2D eigenvalue weighted by atomic mass is 28.4. The van der Waals surface area contributed by atoms with E-state index in [0.29, 0.717) is 12.8 Å². The van der Waals surface area contributed by atoms with Crippen LogP contribution >= 0.6 is 0 Å². The summed E-state index contributed by atoms with van der Waals surface area (Å²) in [4.78, 5) is 13.8. The second kappa shape index (κ2) is 17.9. The number of carbonyl (C=O) groups is 1. The fourth-order valence-electron chi connectivity index (χ4n) is 3.14. The van der Waals surface area contributed by atoms with Crippen LogP contribution < -0.4 is 0 Å². The number of carbonyl (C=O) groups excluding carboxylic acids is 1. The molecular weight excluding hydrogens is 476 g/mol. The molecule has 0 rings (SSSR count). The van der Waals surface area contributed by atoms with Crippen molar-refractivity contribution in [1.82, 2.24) is 0 Å². The minimum absolute atomic E-state index is 0.227. The first-order chi connectivity index (χ1) is 16.4. The van der Waals surface area contributed by atoms with E-state index in [1.54, 1.807) is 41.5 Å². The minimum atomic E-state index is -4.16. The molecule has 0 fully saturated rings. The largest absolute Gasteiger partial charge is 0.580 e. The van der Waals surface area contributed by atoms with Gasteiger partial charge in [0.1, 0.15) is 0 Å². The molecule has 0 bridgehead atoms. The summed E-state index contributed by atoms with van der Waals surface area (Å²) < 4.78 is 52.0. The van der Waals surface area contributed by atoms with Crippen LogP contribution in [-0.4, -0.2) is 72.8 Å². The second-order valence-corrected chi connectivity index (χ2v) is 10.9. The molecule has 0 aromatic heterocycles. The van der Waals surface area contributed by atoms with Gasteiger partial charge in [-0.25, -0.2) is 0 Å². The number of methoxy groups -OCH3 is 3. The molecule has 0 aromatic carbocycles. The molecule has 0 aliphatic carbocycles. The Morgan fingerprint density at radius 2 is 1.23 bits per heavy atom. The number of unbranched alkanes of at least 4 members (excludes halogenated alkanes) is 3. The van der Waals surface area contributed by atoms with E-state index >= 15 is 0 Å². The van der Waals surface area contributed by atoms with Gasteiger partial charge in [0.05, 0.1) is 0 Å². The lowest BCUT2D eigenvalue weighted by molar-refractivity contribution is -0.289. The summed E-state index contributed by atoms with van der Waals surface area (Å²) >= 11 is 0. The van der Waals surface area contributed by atoms with Crippen LogP contribution in [0.2, 0.25) is 0 Å². The van der Waals surface area contributed by atoms with Gasteiger partial charge in [0, 0.05) is 27.8 Å². The topological polar surface area (TPSA) is 100 Å². The third-order valence-electron chi connectivity index (χ3n) is 5.41. The van der Waals surface area contributed by atoms with Gasteiger partial charge in [0.15, 0.2) is 37.2 Å². The van der Waals surface area contributed by atoms with Crippen molar-refractivity contribution in [1.29, 1.82) is 0 Å². The smallest absolute Gasteiger partial charge is 0.356 e. The Morgan fingerprint density at radius 3 is 1.63 bits per heavy atom. The van der Waals surface area contributed by atoms with Crippen molar-refractivity contribution >= 4 is 14.2 Å². The summed E-state index contributed by atoms with van der Waals surface area (Å²) in [5.41, 5.74) is 0. The van der Waals surface area contributed by atoms with Crippen molar-refractivity contribution in [3.8, 4) is 0 Å². The molecule has 0 spiro atoms. The highest BCUT2D eigenvalue weighted by Crippen LogP contribution is 2.30. The highest BCUT2D eigenvalue weighted by Gasteiger charge is 2.57. The maximum absolute atomic E-state index is 13.8. The van der Waals surface area contributed by atoms with Gasteiger partial charge in [-0.1, -0.05) is 33.1 Å². The van der Waals surface area contributed by atoms with Gasteiger partial charge >= 0.3 is 8.80 Å². The maximum Gasteiger partial charge on any atom is 0.580 e. The molecule has 0 amide bonds. The summed E-state index contributed by atoms with van der Waals surface area (Å²) in [6, 6.07) is 0. The molecule has 0 aliphatic heterocycles. The lowest BCUT2D eigenvalue weighted by Gasteiger charge is -2.41. The van der Waals surface area contributed by atoms with E-state index in [1.165, 1.54) is 21.3 Å². The van der Waals surface area contributed by atoms with Crippen LogP contribution in [0.5, 0.6) is 0 Å². The summed E-state index contributed by atoms with van der Waals surface area (Å²) in [7, 11) is 0.404. The maximum atomic E-state index is 13.8. The Bertz CT molecular complexity index is 546. The lowest BCUT2D eigenvalue weighted by Crippen LogP contribution is -2.62. The molecule has 0 N–H and O–H groups in total. The fraction of sp³-hybridized carbons (Fsp3) is 0.958. The Labute approximate surface area is 213 Å². The zero-order valence-electron chi connectivity index (χ0n) is 23.7. The predicted octanol–water partition coefficient (Wildman–Crippen LogP) is 4.90. The van der Waals surface area contributed by atoms with Gasteiger partial charge in [-0.2, -0.15) is 0 Å². The monoisotopic (exact) mass is 526 g/mol. The van der Waals surface area contributed by atoms with Crippen LogP contribution in [-0.2, 0) is 46.5 Å². The summed E-state index contributed by atoms with van der Waals surface area (Å²) in [5, 5.41) is -0.275. The van der Waals surface area contributed by atoms with Gasteiger partial charge in [0.2, 0.25) is 5.41 Å². The SMILES string of the molecule is CCCCCCC(=O)[Si](OC(C)OC(C)OC)(OC(C)OC(C)OC)OC(C)(CC)OC(C)OC. The zero-order chi connectivity index (χ0) is 27.1. The molecule has 0 radical (unpaired) electrons. The van der Waals surface area contributed by atoms with Crippen LogP contribution in [0.4, 0.5) is 0 Å². The summed E-state index contributed by atoms with van der Waals surface area (Å²) in [6.45, 7) is 14.3. The van der Waals surface area contributed by atoms with Crippen LogP contribution in [0.25, 0.3) is 0 Å². The molecule has 11 heteroatoms. The van der Waals surface area contributed by atoms with E-state index < -0.39 is 46.0 Å². The summed E-state index contributed by atoms with van der Waals surface area (Å²) in [5.74, 6) is -1.24. The van der Waals surface area contributed by atoms with Gasteiger partial charge in [0.25, 0.3) is 0 Å². The van der Waals surface area contributed by atoms with E-state index in [9.17, 15) is 4.79 Å². The molecule has 6 atom stereocenters. The number of rotatable bonds is 22. The van der Waals surface area contributed by atoms with E-state index in [4.69, 9.17) is 41.7 Å². The Morgan fingerprint density at radius 1 is 0.743 bits per heavy atom. The second-order valence-electron chi connectivity index (χ2n) is 8.55. The van der Waals surface area contributed by atoms with Gasteiger partial charge in [-0.15, -0.1) is 0 Å². The molecule has 0 aromatic rings. The molecule has 0 heterocycles. The fourth-order valence-corrected chi connectivity index (χ4v) is 5.89. The van der Waals surface area contributed by atoms with Gasteiger partial charge in [-0.05, 0) is 54.4 Å². The standard InChI is InChI=1S/C24H50O10Si/c1-12-14-15-16-17-23(25)35(32-21(6)29-18(3)26-9,33-22(7)30-19(4)27-10)34-24(8,13-2)31-20(5)28-11/h18-22H,12-17H2,1-11H3. The first kappa shape index (κ1) is 34.5. The molecule has 210 valence electrons. The van der Waals surface area contributed by atoms with E-state index in [-0.39, 0.29) is 11.8 Å². The van der Waals surface area contributed by atoms with Crippen molar-refractivity contribution in [3.63, 3.8) is 0 Å². The quantitative estimate of drug-likeness (QED) is 0.110. The average molecular weight is 527 g/mol. The Balaban J connectivity index is 6.24. The van der Waals surface area contributed by atoms with Crippen LogP contribution in [0.1, 0.15) is 93.9 Å². The van der Waals surface area contributed by atoms with E-state index in [0.717, 1.165) is 19.3 Å². The lowest BCUT2D eigenvalue weighted by atomic mass is 10.2. The highest BCUT2D eigenvalue weighted by molar-refractivity contribution is 6.92. The first-order valence-electron chi connectivity index (χ1n) is 12.6. The molecule has 35 heavy (non-hydrogen) atoms.